The molecule has 0 aliphatic carbocycles. The molecule has 134 valence electrons. The first-order valence-electron chi connectivity index (χ1n) is 8.21. The average Bonchev–Trinajstić information content (AvgIpc) is 2.45. The lowest BCUT2D eigenvalue weighted by molar-refractivity contribution is -0.159. The third-order valence-electron chi connectivity index (χ3n) is 3.32. The molecule has 4 nitrogen and oxygen atoms in total. The van der Waals surface area contributed by atoms with Crippen molar-refractivity contribution >= 4 is 23.7 Å². The van der Waals surface area contributed by atoms with Crippen molar-refractivity contribution in [3.8, 4) is 0 Å². The molecule has 1 N–H and O–H groups in total. The smallest absolute Gasteiger partial charge is 0.320 e. The lowest BCUT2D eigenvalue weighted by atomic mass is 9.94. The van der Waals surface area contributed by atoms with Crippen LogP contribution in [0.25, 0.3) is 0 Å². The molecule has 0 bridgehead atoms. The molecule has 5 heteroatoms. The largest absolute Gasteiger partial charge is 0.481 e. The van der Waals surface area contributed by atoms with E-state index in [1.807, 2.05) is 44.2 Å². The van der Waals surface area contributed by atoms with Gasteiger partial charge in [0.1, 0.15) is 10.9 Å². The van der Waals surface area contributed by atoms with E-state index in [-0.39, 0.29) is 5.92 Å². The Labute approximate surface area is 149 Å². The molecule has 0 aliphatic rings. The van der Waals surface area contributed by atoms with Gasteiger partial charge in [-0.2, -0.15) is 0 Å². The van der Waals surface area contributed by atoms with Crippen LogP contribution in [0, 0.1) is 11.8 Å². The number of carbonyl (C=O) groups excluding carboxylic acids is 1. The summed E-state index contributed by atoms with van der Waals surface area (Å²) in [7, 11) is 0. The molecule has 1 aromatic rings. The number of thioether (sulfide) groups is 1. The van der Waals surface area contributed by atoms with Crippen molar-refractivity contribution in [1.82, 2.24) is 0 Å². The summed E-state index contributed by atoms with van der Waals surface area (Å²) in [5.41, 5.74) is 0.425. The number of esters is 1. The summed E-state index contributed by atoms with van der Waals surface area (Å²) in [5.74, 6) is -1.38. The molecule has 0 amide bonds. The van der Waals surface area contributed by atoms with Gasteiger partial charge in [0.2, 0.25) is 0 Å². The molecule has 1 rings (SSSR count). The lowest BCUT2D eigenvalue weighted by Gasteiger charge is -2.27. The van der Waals surface area contributed by atoms with Crippen LogP contribution in [0.1, 0.15) is 46.6 Å². The molecule has 24 heavy (non-hydrogen) atoms. The minimum atomic E-state index is -0.944. The molecule has 0 radical (unpaired) electrons. The van der Waals surface area contributed by atoms with E-state index in [2.05, 4.69) is 0 Å². The summed E-state index contributed by atoms with van der Waals surface area (Å²) in [6.45, 7) is 9.31. The van der Waals surface area contributed by atoms with Crippen LogP contribution in [0.15, 0.2) is 30.3 Å². The van der Waals surface area contributed by atoms with E-state index in [0.29, 0.717) is 12.2 Å². The van der Waals surface area contributed by atoms with Gasteiger partial charge in [-0.25, -0.2) is 0 Å². The van der Waals surface area contributed by atoms with Crippen LogP contribution in [-0.2, 0) is 20.1 Å². The minimum absolute atomic E-state index is 0.188. The summed E-state index contributed by atoms with van der Waals surface area (Å²) in [4.78, 5) is 24.3. The number of benzene rings is 1. The van der Waals surface area contributed by atoms with Gasteiger partial charge >= 0.3 is 11.9 Å². The van der Waals surface area contributed by atoms with Crippen molar-refractivity contribution in [2.24, 2.45) is 11.8 Å². The second-order valence-corrected chi connectivity index (χ2v) is 8.45. The first-order valence-corrected chi connectivity index (χ1v) is 9.26. The molecule has 2 atom stereocenters. The van der Waals surface area contributed by atoms with Crippen LogP contribution in [0.2, 0.25) is 0 Å². The Kier molecular flexibility index (Phi) is 7.80. The molecule has 0 aliphatic heterocycles. The molecule has 0 unspecified atom stereocenters. The zero-order chi connectivity index (χ0) is 18.3. The zero-order valence-corrected chi connectivity index (χ0v) is 15.9. The van der Waals surface area contributed by atoms with Crippen molar-refractivity contribution in [2.45, 2.75) is 57.6 Å². The van der Waals surface area contributed by atoms with Crippen LogP contribution in [0.4, 0.5) is 0 Å². The maximum absolute atomic E-state index is 12.6. The van der Waals surface area contributed by atoms with Crippen LogP contribution in [-0.4, -0.2) is 27.9 Å². The number of aliphatic carboxylic acids is 1. The van der Waals surface area contributed by atoms with Gasteiger partial charge in [-0.3, -0.25) is 9.59 Å². The summed E-state index contributed by atoms with van der Waals surface area (Å²) in [6, 6.07) is 9.73. The predicted octanol–water partition coefficient (Wildman–Crippen LogP) is 4.38. The van der Waals surface area contributed by atoms with E-state index in [9.17, 15) is 14.7 Å². The van der Waals surface area contributed by atoms with Crippen LogP contribution < -0.4 is 0 Å². The van der Waals surface area contributed by atoms with Crippen molar-refractivity contribution in [2.75, 3.05) is 0 Å². The van der Waals surface area contributed by atoms with Crippen molar-refractivity contribution < 1.29 is 19.4 Å². The van der Waals surface area contributed by atoms with Gasteiger partial charge in [0.15, 0.2) is 0 Å². The van der Waals surface area contributed by atoms with Gasteiger partial charge < -0.3 is 9.84 Å². The van der Waals surface area contributed by atoms with Gasteiger partial charge in [-0.05, 0) is 38.7 Å². The van der Waals surface area contributed by atoms with Crippen LogP contribution >= 0.6 is 11.8 Å². The number of hydrogen-bond acceptors (Lipinski definition) is 4. The Bertz CT molecular complexity index is 534. The van der Waals surface area contributed by atoms with E-state index in [1.165, 1.54) is 11.8 Å². The highest BCUT2D eigenvalue weighted by Gasteiger charge is 2.37. The fraction of sp³-hybridized carbons (Fsp3) is 0.579. The Balaban J connectivity index is 2.95. The normalized spacial score (nSPS) is 14.2. The van der Waals surface area contributed by atoms with Gasteiger partial charge in [0.25, 0.3) is 0 Å². The van der Waals surface area contributed by atoms with Gasteiger partial charge in [-0.15, -0.1) is 11.8 Å². The van der Waals surface area contributed by atoms with Crippen LogP contribution in [0.3, 0.4) is 0 Å². The average molecular weight is 352 g/mol. The quantitative estimate of drug-likeness (QED) is 0.704. The SMILES string of the molecule is CC(C)C[C@@H](C(=O)O)[C@@H](SCc1ccccc1)C(=O)OC(C)(C)C. The maximum Gasteiger partial charge on any atom is 0.320 e. The van der Waals surface area contributed by atoms with E-state index in [4.69, 9.17) is 4.74 Å². The van der Waals surface area contributed by atoms with E-state index >= 15 is 0 Å². The summed E-state index contributed by atoms with van der Waals surface area (Å²) in [6.07, 6.45) is 0.445. The predicted molar refractivity (Wildman–Crippen MR) is 98.0 cm³/mol. The van der Waals surface area contributed by atoms with E-state index in [0.717, 1.165) is 5.56 Å². The molecule has 0 saturated carbocycles. The molecule has 0 saturated heterocycles. The number of carboxylic acid groups (broad SMARTS) is 1. The number of carboxylic acids is 1. The molecule has 0 fully saturated rings. The van der Waals surface area contributed by atoms with E-state index in [1.54, 1.807) is 20.8 Å². The Morgan fingerprint density at radius 2 is 1.75 bits per heavy atom. The molecular weight excluding hydrogens is 324 g/mol. The number of carbonyl (C=O) groups is 2. The first kappa shape index (κ1) is 20.6. The summed E-state index contributed by atoms with van der Waals surface area (Å²) < 4.78 is 5.48. The van der Waals surface area contributed by atoms with Crippen molar-refractivity contribution in [3.05, 3.63) is 35.9 Å². The Hall–Kier alpha value is -1.49. The maximum atomic E-state index is 12.6. The first-order chi connectivity index (χ1) is 11.1. The minimum Gasteiger partial charge on any atom is -0.481 e. The second-order valence-electron chi connectivity index (χ2n) is 7.32. The molecule has 0 heterocycles. The highest BCUT2D eigenvalue weighted by molar-refractivity contribution is 7.99. The second kappa shape index (κ2) is 9.11. The van der Waals surface area contributed by atoms with Gasteiger partial charge in [-0.1, -0.05) is 44.2 Å². The third kappa shape index (κ3) is 7.39. The Morgan fingerprint density at radius 1 is 1.17 bits per heavy atom. The number of rotatable bonds is 8. The van der Waals surface area contributed by atoms with Crippen molar-refractivity contribution in [3.63, 3.8) is 0 Å². The summed E-state index contributed by atoms with van der Waals surface area (Å²) in [5, 5.41) is 8.90. The monoisotopic (exact) mass is 352 g/mol. The third-order valence-corrected chi connectivity index (χ3v) is 4.70. The topological polar surface area (TPSA) is 63.6 Å². The number of ether oxygens (including phenoxy) is 1. The molecular formula is C19H28O4S. The highest BCUT2D eigenvalue weighted by Crippen LogP contribution is 2.31. The molecule has 0 aromatic heterocycles. The van der Waals surface area contributed by atoms with Gasteiger partial charge in [0.05, 0.1) is 5.92 Å². The summed E-state index contributed by atoms with van der Waals surface area (Å²) >= 11 is 1.35. The molecule has 1 aromatic carbocycles. The fourth-order valence-electron chi connectivity index (χ4n) is 2.33. The van der Waals surface area contributed by atoms with Gasteiger partial charge in [0, 0.05) is 5.75 Å². The highest BCUT2D eigenvalue weighted by atomic mass is 32.2. The van der Waals surface area contributed by atoms with E-state index < -0.39 is 28.7 Å². The standard InChI is InChI=1S/C19H28O4S/c1-13(2)11-15(17(20)21)16(18(22)23-19(3,4)5)24-12-14-9-7-6-8-10-14/h6-10,13,15-16H,11-12H2,1-5H3,(H,20,21)/t15-,16-/m1/s1. The zero-order valence-electron chi connectivity index (χ0n) is 15.1. The fourth-order valence-corrected chi connectivity index (χ4v) is 3.54. The molecule has 0 spiro atoms. The number of hydrogen-bond donors (Lipinski definition) is 1. The van der Waals surface area contributed by atoms with Crippen LogP contribution in [0.5, 0.6) is 0 Å². The Morgan fingerprint density at radius 3 is 2.21 bits per heavy atom. The van der Waals surface area contributed by atoms with Crippen molar-refractivity contribution in [1.29, 1.82) is 0 Å². The lowest BCUT2D eigenvalue weighted by Crippen LogP contribution is -2.38.